The van der Waals surface area contributed by atoms with Crippen LogP contribution in [0.5, 0.6) is 0 Å². The van der Waals surface area contributed by atoms with Crippen molar-refractivity contribution in [2.75, 3.05) is 34.4 Å². The second kappa shape index (κ2) is 12.5. The van der Waals surface area contributed by atoms with Crippen LogP contribution in [0, 0.1) is 0 Å². The fourth-order valence-electron chi connectivity index (χ4n) is 2.09. The normalized spacial score (nSPS) is 13.6. The number of hydrogen-bond donors (Lipinski definition) is 3. The SMILES string of the molecule is COC(CCCNC(=O)[C@H](CO)NC(=O)[C@H](C)N(C)C(=O)OC(C)(C)C)OC. The standard InChI is InChI=1S/C18H35N3O7/c1-12(21(5)17(25)28-18(2,3)4)15(23)20-13(11-22)16(24)19-10-8-9-14(26-6)27-7/h12-14,22H,8-11H2,1-7H3,(H,19,24)(H,20,23)/t12-,13-/m0/s1. The summed E-state index contributed by atoms with van der Waals surface area (Å²) in [6.07, 6.45) is 0.170. The zero-order valence-corrected chi connectivity index (χ0v) is 17.9. The van der Waals surface area contributed by atoms with Crippen molar-refractivity contribution < 1.29 is 33.7 Å². The smallest absolute Gasteiger partial charge is 0.410 e. The van der Waals surface area contributed by atoms with E-state index < -0.39 is 42.2 Å². The van der Waals surface area contributed by atoms with Gasteiger partial charge in [-0.3, -0.25) is 14.5 Å². The van der Waals surface area contributed by atoms with E-state index in [0.29, 0.717) is 19.4 Å². The topological polar surface area (TPSA) is 126 Å². The third-order valence-electron chi connectivity index (χ3n) is 3.90. The van der Waals surface area contributed by atoms with E-state index in [1.807, 2.05) is 0 Å². The highest BCUT2D eigenvalue weighted by Gasteiger charge is 2.29. The number of methoxy groups -OCH3 is 2. The van der Waals surface area contributed by atoms with Gasteiger partial charge in [-0.05, 0) is 34.1 Å². The van der Waals surface area contributed by atoms with Crippen molar-refractivity contribution in [2.45, 2.75) is 64.5 Å². The van der Waals surface area contributed by atoms with Gasteiger partial charge >= 0.3 is 6.09 Å². The van der Waals surface area contributed by atoms with Crippen LogP contribution in [-0.4, -0.2) is 86.3 Å². The molecule has 0 fully saturated rings. The number of nitrogens with zero attached hydrogens (tertiary/aromatic N) is 1. The van der Waals surface area contributed by atoms with Gasteiger partial charge in [-0.15, -0.1) is 0 Å². The number of amides is 3. The summed E-state index contributed by atoms with van der Waals surface area (Å²) in [6, 6.07) is -2.01. The number of nitrogens with one attached hydrogen (secondary N) is 2. The van der Waals surface area contributed by atoms with Crippen molar-refractivity contribution in [1.29, 1.82) is 0 Å². The van der Waals surface area contributed by atoms with Crippen LogP contribution < -0.4 is 10.6 Å². The fourth-order valence-corrected chi connectivity index (χ4v) is 2.09. The van der Waals surface area contributed by atoms with Gasteiger partial charge in [-0.25, -0.2) is 4.79 Å². The molecule has 10 nitrogen and oxygen atoms in total. The van der Waals surface area contributed by atoms with E-state index in [4.69, 9.17) is 14.2 Å². The van der Waals surface area contributed by atoms with Crippen LogP contribution in [0.25, 0.3) is 0 Å². The van der Waals surface area contributed by atoms with E-state index in [9.17, 15) is 19.5 Å². The molecular formula is C18H35N3O7. The molecule has 3 N–H and O–H groups in total. The van der Waals surface area contributed by atoms with Gasteiger partial charge in [0.1, 0.15) is 17.7 Å². The average Bonchev–Trinajstić information content (AvgIpc) is 2.63. The second-order valence-electron chi connectivity index (χ2n) is 7.35. The molecule has 10 heteroatoms. The van der Waals surface area contributed by atoms with E-state index in [1.165, 1.54) is 28.2 Å². The van der Waals surface area contributed by atoms with Gasteiger partial charge in [-0.2, -0.15) is 0 Å². The zero-order chi connectivity index (χ0) is 21.9. The number of carbonyl (C=O) groups is 3. The lowest BCUT2D eigenvalue weighted by Gasteiger charge is -2.29. The molecule has 0 radical (unpaired) electrons. The first kappa shape index (κ1) is 26.1. The molecule has 3 amide bonds. The van der Waals surface area contributed by atoms with Crippen molar-refractivity contribution in [1.82, 2.24) is 15.5 Å². The Hall–Kier alpha value is -1.91. The molecule has 28 heavy (non-hydrogen) atoms. The van der Waals surface area contributed by atoms with Crippen LogP contribution >= 0.6 is 0 Å². The highest BCUT2D eigenvalue weighted by molar-refractivity contribution is 5.91. The fraction of sp³-hybridized carbons (Fsp3) is 0.833. The van der Waals surface area contributed by atoms with E-state index in [2.05, 4.69) is 10.6 Å². The molecule has 0 aromatic carbocycles. The van der Waals surface area contributed by atoms with E-state index in [-0.39, 0.29) is 6.29 Å². The molecule has 0 bridgehead atoms. The Morgan fingerprint density at radius 3 is 2.14 bits per heavy atom. The van der Waals surface area contributed by atoms with Crippen molar-refractivity contribution in [2.24, 2.45) is 0 Å². The van der Waals surface area contributed by atoms with Crippen molar-refractivity contribution in [3.63, 3.8) is 0 Å². The van der Waals surface area contributed by atoms with Crippen LogP contribution in [0.1, 0.15) is 40.5 Å². The molecule has 0 saturated carbocycles. The summed E-state index contributed by atoms with van der Waals surface area (Å²) in [5, 5.41) is 14.5. The van der Waals surface area contributed by atoms with Gasteiger partial charge in [0, 0.05) is 34.2 Å². The predicted molar refractivity (Wildman–Crippen MR) is 103 cm³/mol. The van der Waals surface area contributed by atoms with Crippen LogP contribution in [-0.2, 0) is 23.8 Å². The van der Waals surface area contributed by atoms with Gasteiger partial charge in [-0.1, -0.05) is 0 Å². The van der Waals surface area contributed by atoms with Gasteiger partial charge < -0.3 is 30.0 Å². The van der Waals surface area contributed by atoms with Gasteiger partial charge in [0.2, 0.25) is 11.8 Å². The van der Waals surface area contributed by atoms with E-state index >= 15 is 0 Å². The molecule has 0 saturated heterocycles. The lowest BCUT2D eigenvalue weighted by atomic mass is 10.2. The van der Waals surface area contributed by atoms with Crippen molar-refractivity contribution in [3.8, 4) is 0 Å². The van der Waals surface area contributed by atoms with Crippen LogP contribution in [0.3, 0.4) is 0 Å². The molecule has 0 spiro atoms. The number of rotatable bonds is 11. The van der Waals surface area contributed by atoms with Crippen LogP contribution in [0.4, 0.5) is 4.79 Å². The maximum atomic E-state index is 12.3. The number of aliphatic hydroxyl groups excluding tert-OH is 1. The van der Waals surface area contributed by atoms with Crippen LogP contribution in [0.15, 0.2) is 0 Å². The molecule has 0 aliphatic heterocycles. The predicted octanol–water partition coefficient (Wildman–Crippen LogP) is 0.234. The summed E-state index contributed by atoms with van der Waals surface area (Å²) >= 11 is 0. The zero-order valence-electron chi connectivity index (χ0n) is 17.9. The Morgan fingerprint density at radius 1 is 1.11 bits per heavy atom. The number of aliphatic hydroxyl groups is 1. The summed E-state index contributed by atoms with van der Waals surface area (Å²) in [7, 11) is 4.48. The van der Waals surface area contributed by atoms with Gasteiger partial charge in [0.25, 0.3) is 0 Å². The summed E-state index contributed by atoms with van der Waals surface area (Å²) in [6.45, 7) is 6.42. The minimum atomic E-state index is -1.12. The lowest BCUT2D eigenvalue weighted by Crippen LogP contribution is -2.55. The summed E-state index contributed by atoms with van der Waals surface area (Å²) in [4.78, 5) is 37.7. The Balaban J connectivity index is 4.56. The second-order valence-corrected chi connectivity index (χ2v) is 7.35. The minimum Gasteiger partial charge on any atom is -0.444 e. The van der Waals surface area contributed by atoms with Crippen molar-refractivity contribution >= 4 is 17.9 Å². The Morgan fingerprint density at radius 2 is 1.68 bits per heavy atom. The first-order valence-corrected chi connectivity index (χ1v) is 9.17. The summed E-state index contributed by atoms with van der Waals surface area (Å²) in [5.41, 5.74) is -0.695. The molecule has 0 aliphatic rings. The Labute approximate surface area is 166 Å². The molecule has 164 valence electrons. The van der Waals surface area contributed by atoms with E-state index in [0.717, 1.165) is 4.90 Å². The quantitative estimate of drug-likeness (QED) is 0.332. The largest absolute Gasteiger partial charge is 0.444 e. The number of hydrogen-bond acceptors (Lipinski definition) is 7. The Bertz CT molecular complexity index is 504. The summed E-state index contributed by atoms with van der Waals surface area (Å²) < 4.78 is 15.3. The van der Waals surface area contributed by atoms with Crippen molar-refractivity contribution in [3.05, 3.63) is 0 Å². The minimum absolute atomic E-state index is 0.335. The number of ether oxygens (including phenoxy) is 3. The highest BCUT2D eigenvalue weighted by atomic mass is 16.7. The average molecular weight is 405 g/mol. The third-order valence-corrected chi connectivity index (χ3v) is 3.90. The molecule has 2 atom stereocenters. The first-order valence-electron chi connectivity index (χ1n) is 9.17. The maximum absolute atomic E-state index is 12.3. The molecule has 0 aromatic rings. The molecule has 0 heterocycles. The van der Waals surface area contributed by atoms with Gasteiger partial charge in [0.05, 0.1) is 6.61 Å². The first-order chi connectivity index (χ1) is 13.0. The van der Waals surface area contributed by atoms with E-state index in [1.54, 1.807) is 20.8 Å². The Kier molecular flexibility index (Phi) is 11.7. The number of carbonyl (C=O) groups excluding carboxylic acids is 3. The van der Waals surface area contributed by atoms with Crippen LogP contribution in [0.2, 0.25) is 0 Å². The molecule has 0 aliphatic carbocycles. The molecule has 0 rings (SSSR count). The third kappa shape index (κ3) is 9.86. The highest BCUT2D eigenvalue weighted by Crippen LogP contribution is 2.11. The lowest BCUT2D eigenvalue weighted by molar-refractivity contribution is -0.132. The monoisotopic (exact) mass is 405 g/mol. The maximum Gasteiger partial charge on any atom is 0.410 e. The summed E-state index contributed by atoms with van der Waals surface area (Å²) in [5.74, 6) is -1.10. The molecule has 0 aromatic heterocycles. The van der Waals surface area contributed by atoms with Gasteiger partial charge in [0.15, 0.2) is 6.29 Å². The number of likely N-dealkylation sites (N-methyl/N-ethyl adjacent to an activating group) is 1. The molecule has 0 unspecified atom stereocenters. The molecular weight excluding hydrogens is 370 g/mol.